The minimum Gasteiger partial charge on any atom is -0.492 e. The van der Waals surface area contributed by atoms with Gasteiger partial charge in [0, 0.05) is 32.7 Å². The molecule has 7 nitrogen and oxygen atoms in total. The van der Waals surface area contributed by atoms with Gasteiger partial charge in [-0.05, 0) is 24.3 Å². The summed E-state index contributed by atoms with van der Waals surface area (Å²) in [6.07, 6.45) is -0.162. The zero-order valence-electron chi connectivity index (χ0n) is 17.2. The number of benzene rings is 2. The molecule has 2 aliphatic heterocycles. The molecule has 4 rings (SSSR count). The van der Waals surface area contributed by atoms with Gasteiger partial charge in [-0.15, -0.1) is 0 Å². The summed E-state index contributed by atoms with van der Waals surface area (Å²) < 4.78 is 17.3. The highest BCUT2D eigenvalue weighted by Gasteiger charge is 2.22. The number of rotatable bonds is 8. The zero-order valence-corrected chi connectivity index (χ0v) is 17.2. The van der Waals surface area contributed by atoms with Crippen LogP contribution >= 0.6 is 0 Å². The van der Waals surface area contributed by atoms with Crippen molar-refractivity contribution in [2.45, 2.75) is 6.10 Å². The van der Waals surface area contributed by atoms with E-state index < -0.39 is 0 Å². The van der Waals surface area contributed by atoms with E-state index in [4.69, 9.17) is 14.2 Å². The van der Waals surface area contributed by atoms with Gasteiger partial charge < -0.3 is 19.5 Å². The second-order valence-electron chi connectivity index (χ2n) is 7.58. The van der Waals surface area contributed by atoms with E-state index in [0.717, 1.165) is 50.0 Å². The van der Waals surface area contributed by atoms with Gasteiger partial charge in [-0.25, -0.2) is 0 Å². The molecule has 1 fully saturated rings. The molecular weight excluding hydrogens is 382 g/mol. The first-order chi connectivity index (χ1) is 14.8. The summed E-state index contributed by atoms with van der Waals surface area (Å²) in [5.74, 6) is 2.42. The van der Waals surface area contributed by atoms with E-state index in [-0.39, 0.29) is 12.0 Å². The lowest BCUT2D eigenvalue weighted by Crippen LogP contribution is -2.51. The van der Waals surface area contributed by atoms with Crippen molar-refractivity contribution in [3.8, 4) is 17.2 Å². The van der Waals surface area contributed by atoms with Crippen molar-refractivity contribution >= 4 is 5.91 Å². The van der Waals surface area contributed by atoms with E-state index in [0.29, 0.717) is 26.3 Å². The Morgan fingerprint density at radius 3 is 2.47 bits per heavy atom. The number of nitrogens with zero attached hydrogens (tertiary/aromatic N) is 2. The van der Waals surface area contributed by atoms with Crippen molar-refractivity contribution in [1.29, 1.82) is 0 Å². The molecule has 0 saturated carbocycles. The Kier molecular flexibility index (Phi) is 7.05. The molecule has 0 bridgehead atoms. The van der Waals surface area contributed by atoms with Crippen LogP contribution in [0.25, 0.3) is 0 Å². The van der Waals surface area contributed by atoms with Crippen LogP contribution in [0.5, 0.6) is 17.2 Å². The quantitative estimate of drug-likeness (QED) is 0.713. The third-order valence-electron chi connectivity index (χ3n) is 5.35. The average molecular weight is 412 g/mol. The van der Waals surface area contributed by atoms with Gasteiger partial charge in [0.15, 0.2) is 11.5 Å². The molecule has 2 heterocycles. The molecule has 2 aromatic rings. The smallest absolute Gasteiger partial charge is 0.234 e. The summed E-state index contributed by atoms with van der Waals surface area (Å²) in [4.78, 5) is 16.9. The highest BCUT2D eigenvalue weighted by Crippen LogP contribution is 2.30. The number of hydrogen-bond acceptors (Lipinski definition) is 6. The molecule has 0 radical (unpaired) electrons. The molecule has 2 aromatic carbocycles. The van der Waals surface area contributed by atoms with Gasteiger partial charge in [-0.1, -0.05) is 30.3 Å². The van der Waals surface area contributed by atoms with E-state index in [1.165, 1.54) is 0 Å². The fraction of sp³-hybridized carbons (Fsp3) is 0.435. The lowest BCUT2D eigenvalue weighted by Gasteiger charge is -2.34. The Morgan fingerprint density at radius 1 is 0.967 bits per heavy atom. The number of hydrogen-bond donors (Lipinski definition) is 1. The molecule has 0 spiro atoms. The second kappa shape index (κ2) is 10.3. The van der Waals surface area contributed by atoms with Gasteiger partial charge in [0.1, 0.15) is 25.1 Å². The van der Waals surface area contributed by atoms with Crippen LogP contribution < -0.4 is 19.5 Å². The fourth-order valence-electron chi connectivity index (χ4n) is 3.63. The maximum Gasteiger partial charge on any atom is 0.234 e. The third kappa shape index (κ3) is 5.87. The lowest BCUT2D eigenvalue weighted by atomic mass is 10.2. The van der Waals surface area contributed by atoms with Crippen molar-refractivity contribution < 1.29 is 19.0 Å². The van der Waals surface area contributed by atoms with E-state index in [1.807, 2.05) is 54.6 Å². The fourth-order valence-corrected chi connectivity index (χ4v) is 3.63. The van der Waals surface area contributed by atoms with Gasteiger partial charge in [0.2, 0.25) is 5.91 Å². The Bertz CT molecular complexity index is 809. The van der Waals surface area contributed by atoms with Gasteiger partial charge in [0.25, 0.3) is 0 Å². The number of ether oxygens (including phenoxy) is 3. The summed E-state index contributed by atoms with van der Waals surface area (Å²) in [6.45, 7) is 6.55. The Balaban J connectivity index is 1.10. The predicted molar refractivity (Wildman–Crippen MR) is 114 cm³/mol. The number of fused-ring (bicyclic) bond motifs is 1. The highest BCUT2D eigenvalue weighted by molar-refractivity contribution is 5.78. The first kappa shape index (κ1) is 20.5. The molecule has 0 aromatic heterocycles. The monoisotopic (exact) mass is 411 g/mol. The Morgan fingerprint density at radius 2 is 1.67 bits per heavy atom. The van der Waals surface area contributed by atoms with Gasteiger partial charge in [-0.2, -0.15) is 0 Å². The molecule has 160 valence electrons. The molecule has 30 heavy (non-hydrogen) atoms. The summed E-state index contributed by atoms with van der Waals surface area (Å²) in [7, 11) is 0. The zero-order chi connectivity index (χ0) is 20.6. The summed E-state index contributed by atoms with van der Waals surface area (Å²) in [5.41, 5.74) is 0. The van der Waals surface area contributed by atoms with Crippen LogP contribution in [0.3, 0.4) is 0 Å². The van der Waals surface area contributed by atoms with Crippen LogP contribution in [-0.4, -0.2) is 80.8 Å². The summed E-state index contributed by atoms with van der Waals surface area (Å²) in [5, 5.41) is 2.97. The maximum atomic E-state index is 12.3. The molecular formula is C23H29N3O4. The molecule has 1 N–H and O–H groups in total. The number of nitrogens with one attached hydrogen (secondary N) is 1. The van der Waals surface area contributed by atoms with Crippen molar-refractivity contribution in [3.05, 3.63) is 54.6 Å². The minimum atomic E-state index is -0.162. The van der Waals surface area contributed by atoms with Gasteiger partial charge in [-0.3, -0.25) is 14.6 Å². The van der Waals surface area contributed by atoms with E-state index in [1.54, 1.807) is 0 Å². The van der Waals surface area contributed by atoms with Crippen LogP contribution in [0.15, 0.2) is 54.6 Å². The van der Waals surface area contributed by atoms with Gasteiger partial charge >= 0.3 is 0 Å². The number of piperazine rings is 1. The molecule has 7 heteroatoms. The standard InChI is InChI=1S/C23H29N3O4/c27-23(24-16-20-18-29-21-8-4-5-9-22(21)30-20)17-26-12-10-25(11-13-26)14-15-28-19-6-2-1-3-7-19/h1-9,20H,10-18H2,(H,24,27). The minimum absolute atomic E-state index is 0.0262. The number of carbonyl (C=O) groups is 1. The van der Waals surface area contributed by atoms with Crippen LogP contribution in [0.4, 0.5) is 0 Å². The maximum absolute atomic E-state index is 12.3. The van der Waals surface area contributed by atoms with Crippen molar-refractivity contribution in [1.82, 2.24) is 15.1 Å². The topological polar surface area (TPSA) is 63.3 Å². The highest BCUT2D eigenvalue weighted by atomic mass is 16.6. The molecule has 1 atom stereocenters. The molecule has 1 saturated heterocycles. The number of para-hydroxylation sites is 3. The van der Waals surface area contributed by atoms with E-state index in [9.17, 15) is 4.79 Å². The van der Waals surface area contributed by atoms with Crippen LogP contribution in [0, 0.1) is 0 Å². The normalized spacial score (nSPS) is 19.3. The van der Waals surface area contributed by atoms with Crippen LogP contribution in [0.2, 0.25) is 0 Å². The van der Waals surface area contributed by atoms with Crippen LogP contribution in [-0.2, 0) is 4.79 Å². The molecule has 2 aliphatic rings. The summed E-state index contributed by atoms with van der Waals surface area (Å²) >= 11 is 0. The van der Waals surface area contributed by atoms with Crippen molar-refractivity contribution in [3.63, 3.8) is 0 Å². The first-order valence-corrected chi connectivity index (χ1v) is 10.5. The lowest BCUT2D eigenvalue weighted by molar-refractivity contribution is -0.123. The average Bonchev–Trinajstić information content (AvgIpc) is 2.79. The van der Waals surface area contributed by atoms with Crippen LogP contribution in [0.1, 0.15) is 0 Å². The van der Waals surface area contributed by atoms with E-state index >= 15 is 0 Å². The van der Waals surface area contributed by atoms with Crippen molar-refractivity contribution in [2.75, 3.05) is 59.0 Å². The third-order valence-corrected chi connectivity index (χ3v) is 5.35. The molecule has 0 aliphatic carbocycles. The van der Waals surface area contributed by atoms with Crippen molar-refractivity contribution in [2.24, 2.45) is 0 Å². The summed E-state index contributed by atoms with van der Waals surface area (Å²) in [6, 6.07) is 17.5. The first-order valence-electron chi connectivity index (χ1n) is 10.5. The number of amides is 1. The second-order valence-corrected chi connectivity index (χ2v) is 7.58. The molecule has 1 unspecified atom stereocenters. The SMILES string of the molecule is O=C(CN1CCN(CCOc2ccccc2)CC1)NCC1COc2ccccc2O1. The van der Waals surface area contributed by atoms with Gasteiger partial charge in [0.05, 0.1) is 13.1 Å². The Labute approximate surface area is 177 Å². The predicted octanol–water partition coefficient (Wildman–Crippen LogP) is 1.64. The Hall–Kier alpha value is -2.77. The largest absolute Gasteiger partial charge is 0.492 e. The molecule has 1 amide bonds. The van der Waals surface area contributed by atoms with E-state index in [2.05, 4.69) is 15.1 Å². The number of carbonyl (C=O) groups excluding carboxylic acids is 1.